The van der Waals surface area contributed by atoms with Crippen LogP contribution in [0.4, 0.5) is 5.82 Å². The quantitative estimate of drug-likeness (QED) is 0.815. The van der Waals surface area contributed by atoms with Gasteiger partial charge in [-0.05, 0) is 35.9 Å². The molecule has 2 heterocycles. The zero-order valence-corrected chi connectivity index (χ0v) is 12.2. The molecule has 5 heteroatoms. The number of nitrogens with zero attached hydrogens (tertiary/aromatic N) is 3. The number of aromatic nitrogens is 2. The molecule has 102 valence electrons. The number of hydrogen-bond acceptors (Lipinski definition) is 4. The number of benzene rings is 1. The highest BCUT2D eigenvalue weighted by Crippen LogP contribution is 2.28. The zero-order valence-electron chi connectivity index (χ0n) is 11.3. The van der Waals surface area contributed by atoms with Crippen molar-refractivity contribution in [2.45, 2.75) is 24.6 Å². The van der Waals surface area contributed by atoms with E-state index in [2.05, 4.69) is 38.5 Å². The number of nitrogens with one attached hydrogen (secondary N) is 1. The maximum absolute atomic E-state index is 4.85. The summed E-state index contributed by atoms with van der Waals surface area (Å²) < 4.78 is 5.40. The molecule has 1 N–H and O–H groups in total. The second kappa shape index (κ2) is 4.66. The Morgan fingerprint density at radius 3 is 2.75 bits per heavy atom. The number of fused-ring (bicyclic) bond motifs is 2. The summed E-state index contributed by atoms with van der Waals surface area (Å²) in [6.07, 6.45) is 4.00. The van der Waals surface area contributed by atoms with E-state index < -0.39 is 0 Å². The SMILES string of the molecule is Cn1c2c(cnc1=NC1Cc3ccccc3C1)CSN2. The summed E-state index contributed by atoms with van der Waals surface area (Å²) in [6.45, 7) is 0. The van der Waals surface area contributed by atoms with E-state index in [0.717, 1.165) is 30.0 Å². The molecule has 0 saturated carbocycles. The summed E-state index contributed by atoms with van der Waals surface area (Å²) in [4.78, 5) is 9.37. The van der Waals surface area contributed by atoms with Gasteiger partial charge in [0.1, 0.15) is 5.82 Å². The fourth-order valence-electron chi connectivity index (χ4n) is 2.93. The van der Waals surface area contributed by atoms with Gasteiger partial charge in [-0.2, -0.15) is 0 Å². The van der Waals surface area contributed by atoms with Gasteiger partial charge < -0.3 is 4.72 Å². The molecule has 0 bridgehead atoms. The number of rotatable bonds is 1. The molecule has 4 rings (SSSR count). The van der Waals surface area contributed by atoms with Crippen LogP contribution >= 0.6 is 11.9 Å². The van der Waals surface area contributed by atoms with Crippen molar-refractivity contribution in [3.05, 3.63) is 52.8 Å². The average Bonchev–Trinajstić information content (AvgIpc) is 3.08. The molecule has 1 aromatic carbocycles. The van der Waals surface area contributed by atoms with Crippen molar-refractivity contribution in [2.24, 2.45) is 12.0 Å². The first-order valence-electron chi connectivity index (χ1n) is 6.84. The second-order valence-corrected chi connectivity index (χ2v) is 6.12. The average molecular weight is 284 g/mol. The number of hydrogen-bond donors (Lipinski definition) is 1. The Labute approximate surface area is 122 Å². The van der Waals surface area contributed by atoms with E-state index in [-0.39, 0.29) is 0 Å². The lowest BCUT2D eigenvalue weighted by Crippen LogP contribution is -2.26. The van der Waals surface area contributed by atoms with Crippen molar-refractivity contribution in [1.29, 1.82) is 0 Å². The monoisotopic (exact) mass is 284 g/mol. The standard InChI is InChI=1S/C15H16N4S/c1-19-14-12(9-20-18-14)8-16-15(19)17-13-6-10-4-2-3-5-11(10)7-13/h2-5,8,13,18H,6-7,9H2,1H3. The molecule has 0 spiro atoms. The third-order valence-corrected chi connectivity index (χ3v) is 4.79. The molecule has 0 saturated heterocycles. The van der Waals surface area contributed by atoms with E-state index in [0.29, 0.717) is 6.04 Å². The smallest absolute Gasteiger partial charge is 0.226 e. The highest BCUT2D eigenvalue weighted by atomic mass is 32.2. The normalized spacial score (nSPS) is 17.9. The lowest BCUT2D eigenvalue weighted by atomic mass is 10.1. The first kappa shape index (κ1) is 12.0. The highest BCUT2D eigenvalue weighted by molar-refractivity contribution is 8.00. The third kappa shape index (κ3) is 1.93. The Kier molecular flexibility index (Phi) is 2.80. The molecule has 4 nitrogen and oxygen atoms in total. The molecule has 0 unspecified atom stereocenters. The zero-order chi connectivity index (χ0) is 13.5. The Hall–Kier alpha value is -1.75. The van der Waals surface area contributed by atoms with Gasteiger partial charge in [-0.1, -0.05) is 24.3 Å². The molecule has 0 fully saturated rings. The van der Waals surface area contributed by atoms with Crippen molar-refractivity contribution in [3.63, 3.8) is 0 Å². The van der Waals surface area contributed by atoms with E-state index in [1.165, 1.54) is 16.7 Å². The molecule has 1 aromatic heterocycles. The van der Waals surface area contributed by atoms with Crippen LogP contribution in [0.5, 0.6) is 0 Å². The summed E-state index contributed by atoms with van der Waals surface area (Å²) in [5.74, 6) is 2.12. The van der Waals surface area contributed by atoms with E-state index in [4.69, 9.17) is 4.99 Å². The van der Waals surface area contributed by atoms with Crippen molar-refractivity contribution < 1.29 is 0 Å². The Bertz CT molecular complexity index is 710. The van der Waals surface area contributed by atoms with Crippen LogP contribution in [0.3, 0.4) is 0 Å². The minimum Gasteiger partial charge on any atom is -0.315 e. The summed E-state index contributed by atoms with van der Waals surface area (Å²) in [6, 6.07) is 8.95. The van der Waals surface area contributed by atoms with Gasteiger partial charge in [0.05, 0.1) is 6.04 Å². The molecule has 0 amide bonds. The van der Waals surface area contributed by atoms with Gasteiger partial charge >= 0.3 is 0 Å². The molecular formula is C15H16N4S. The fraction of sp³-hybridized carbons (Fsp3) is 0.333. The van der Waals surface area contributed by atoms with Crippen LogP contribution in [0.1, 0.15) is 16.7 Å². The van der Waals surface area contributed by atoms with Crippen LogP contribution in [0.15, 0.2) is 35.5 Å². The second-order valence-electron chi connectivity index (χ2n) is 5.34. The maximum Gasteiger partial charge on any atom is 0.226 e. The van der Waals surface area contributed by atoms with Crippen LogP contribution in [-0.4, -0.2) is 15.6 Å². The Morgan fingerprint density at radius 1 is 1.25 bits per heavy atom. The van der Waals surface area contributed by atoms with Gasteiger partial charge in [-0.3, -0.25) is 4.57 Å². The molecule has 0 atom stereocenters. The number of anilines is 1. The third-order valence-electron chi connectivity index (χ3n) is 4.00. The summed E-state index contributed by atoms with van der Waals surface area (Å²) in [7, 11) is 2.03. The summed E-state index contributed by atoms with van der Waals surface area (Å²) in [5.41, 5.74) is 4.93. The minimum absolute atomic E-state index is 0.318. The molecule has 0 radical (unpaired) electrons. The lowest BCUT2D eigenvalue weighted by molar-refractivity contribution is 0.653. The first-order valence-corrected chi connectivity index (χ1v) is 7.83. The molecule has 2 aromatic rings. The van der Waals surface area contributed by atoms with E-state index in [1.807, 2.05) is 13.2 Å². The van der Waals surface area contributed by atoms with E-state index in [1.54, 1.807) is 11.9 Å². The molecule has 1 aliphatic carbocycles. The van der Waals surface area contributed by atoms with Crippen molar-refractivity contribution in [2.75, 3.05) is 4.72 Å². The van der Waals surface area contributed by atoms with Gasteiger partial charge in [0.2, 0.25) is 5.62 Å². The van der Waals surface area contributed by atoms with Gasteiger partial charge in [-0.15, -0.1) is 0 Å². The van der Waals surface area contributed by atoms with Gasteiger partial charge in [0.15, 0.2) is 0 Å². The molecule has 20 heavy (non-hydrogen) atoms. The first-order chi connectivity index (χ1) is 9.81. The van der Waals surface area contributed by atoms with E-state index in [9.17, 15) is 0 Å². The van der Waals surface area contributed by atoms with Crippen LogP contribution in [0.25, 0.3) is 0 Å². The fourth-order valence-corrected chi connectivity index (χ4v) is 3.77. The summed E-state index contributed by atoms with van der Waals surface area (Å²) in [5, 5.41) is 0. The molecule has 2 aliphatic rings. The maximum atomic E-state index is 4.85. The van der Waals surface area contributed by atoms with Crippen molar-refractivity contribution in [3.8, 4) is 0 Å². The Balaban J connectivity index is 1.70. The van der Waals surface area contributed by atoms with E-state index >= 15 is 0 Å². The van der Waals surface area contributed by atoms with Gasteiger partial charge in [0.25, 0.3) is 0 Å². The largest absolute Gasteiger partial charge is 0.315 e. The van der Waals surface area contributed by atoms with Crippen molar-refractivity contribution >= 4 is 17.8 Å². The van der Waals surface area contributed by atoms with Crippen LogP contribution in [0.2, 0.25) is 0 Å². The van der Waals surface area contributed by atoms with Gasteiger partial charge in [-0.25, -0.2) is 9.98 Å². The lowest BCUT2D eigenvalue weighted by Gasteiger charge is -2.08. The van der Waals surface area contributed by atoms with Crippen LogP contribution in [0, 0.1) is 0 Å². The van der Waals surface area contributed by atoms with Crippen molar-refractivity contribution in [1.82, 2.24) is 9.55 Å². The molecular weight excluding hydrogens is 268 g/mol. The van der Waals surface area contributed by atoms with Gasteiger partial charge in [0, 0.05) is 24.6 Å². The molecule has 1 aliphatic heterocycles. The predicted octanol–water partition coefficient (Wildman–Crippen LogP) is 2.06. The predicted molar refractivity (Wildman–Crippen MR) is 81.3 cm³/mol. The topological polar surface area (TPSA) is 42.2 Å². The van der Waals surface area contributed by atoms with Crippen LogP contribution < -0.4 is 10.3 Å². The Morgan fingerprint density at radius 2 is 2.00 bits per heavy atom. The highest BCUT2D eigenvalue weighted by Gasteiger charge is 2.21. The summed E-state index contributed by atoms with van der Waals surface area (Å²) >= 11 is 1.71. The minimum atomic E-state index is 0.318. The van der Waals surface area contributed by atoms with Crippen LogP contribution in [-0.2, 0) is 25.6 Å².